The van der Waals surface area contributed by atoms with Crippen LogP contribution in [0.15, 0.2) is 4.99 Å². The van der Waals surface area contributed by atoms with Crippen LogP contribution in [-0.2, 0) is 4.74 Å². The van der Waals surface area contributed by atoms with Gasteiger partial charge in [-0.3, -0.25) is 4.99 Å². The summed E-state index contributed by atoms with van der Waals surface area (Å²) in [5, 5.41) is 3.47. The van der Waals surface area contributed by atoms with Gasteiger partial charge in [0.1, 0.15) is 5.60 Å². The number of ether oxygens (including phenoxy) is 1. The van der Waals surface area contributed by atoms with Crippen molar-refractivity contribution in [2.45, 2.75) is 58.7 Å². The van der Waals surface area contributed by atoms with E-state index in [-0.39, 0.29) is 36.1 Å². The Morgan fingerprint density at radius 3 is 2.73 bits per heavy atom. The molecule has 0 aromatic carbocycles. The number of hydrogen-bond donors (Lipinski definition) is 1. The summed E-state index contributed by atoms with van der Waals surface area (Å²) < 4.78 is 5.49. The lowest BCUT2D eigenvalue weighted by Crippen LogP contribution is -2.57. The number of amides is 1. The quantitative estimate of drug-likeness (QED) is 0.611. The minimum absolute atomic E-state index is 0. The Morgan fingerprint density at radius 2 is 2.12 bits per heavy atom. The van der Waals surface area contributed by atoms with Crippen LogP contribution in [0.2, 0.25) is 0 Å². The smallest absolute Gasteiger partial charge is 0.410 e. The van der Waals surface area contributed by atoms with E-state index in [2.05, 4.69) is 41.0 Å². The van der Waals surface area contributed by atoms with Crippen LogP contribution in [0.1, 0.15) is 41.0 Å². The summed E-state index contributed by atoms with van der Waals surface area (Å²) in [5.74, 6) is 0.978. The summed E-state index contributed by atoms with van der Waals surface area (Å²) in [5.41, 5.74) is -0.450. The van der Waals surface area contributed by atoms with E-state index in [4.69, 9.17) is 4.74 Å². The van der Waals surface area contributed by atoms with Crippen LogP contribution in [-0.4, -0.2) is 90.8 Å². The summed E-state index contributed by atoms with van der Waals surface area (Å²) >= 11 is 0. The van der Waals surface area contributed by atoms with Gasteiger partial charge in [0, 0.05) is 38.8 Å². The lowest BCUT2D eigenvalue weighted by molar-refractivity contribution is 0.0137. The molecule has 152 valence electrons. The second kappa shape index (κ2) is 9.96. The number of hydrogen-bond acceptors (Lipinski definition) is 6. The van der Waals surface area contributed by atoms with Crippen LogP contribution in [0.25, 0.3) is 0 Å². The topological polar surface area (TPSA) is 60.4 Å². The fraction of sp³-hybridized carbons (Fsp3) is 0.889. The molecule has 0 saturated carbocycles. The first-order chi connectivity index (χ1) is 11.7. The van der Waals surface area contributed by atoms with E-state index >= 15 is 0 Å². The van der Waals surface area contributed by atoms with Crippen molar-refractivity contribution in [3.63, 3.8) is 0 Å². The van der Waals surface area contributed by atoms with Crippen molar-refractivity contribution in [2.75, 3.05) is 46.3 Å². The molecule has 2 heterocycles. The predicted octanol–water partition coefficient (Wildman–Crippen LogP) is 2.22. The van der Waals surface area contributed by atoms with Crippen molar-refractivity contribution in [1.82, 2.24) is 20.0 Å². The molecule has 0 spiro atoms. The van der Waals surface area contributed by atoms with Crippen molar-refractivity contribution in [3.05, 3.63) is 0 Å². The zero-order valence-corrected chi connectivity index (χ0v) is 19.4. The lowest BCUT2D eigenvalue weighted by Gasteiger charge is -2.39. The third-order valence-electron chi connectivity index (χ3n) is 4.95. The number of halogens is 1. The number of nitrogens with one attached hydrogen (secondary N) is 1. The molecule has 1 N–H and O–H groups in total. The zero-order valence-electron chi connectivity index (χ0n) is 17.1. The molecule has 26 heavy (non-hydrogen) atoms. The highest BCUT2D eigenvalue weighted by atomic mass is 127. The first kappa shape index (κ1) is 23.3. The average Bonchev–Trinajstić information content (AvgIpc) is 2.94. The highest BCUT2D eigenvalue weighted by Gasteiger charge is 2.36. The van der Waals surface area contributed by atoms with Crippen molar-refractivity contribution < 1.29 is 9.53 Å². The molecule has 1 fully saturated rings. The minimum atomic E-state index is -0.450. The summed E-state index contributed by atoms with van der Waals surface area (Å²) in [6.07, 6.45) is 0.940. The molecule has 1 amide bonds. The fourth-order valence-electron chi connectivity index (χ4n) is 3.10. The van der Waals surface area contributed by atoms with E-state index in [9.17, 15) is 4.79 Å². The molecular formula is C18H36IN5O2. The SMILES string of the molecule is CCC(C)N(C)CCNC1=NCC2CN(C(=O)OC(C)(C)C)CCN12.I. The van der Waals surface area contributed by atoms with Crippen LogP contribution in [0.4, 0.5) is 4.79 Å². The van der Waals surface area contributed by atoms with Crippen molar-refractivity contribution in [2.24, 2.45) is 4.99 Å². The Morgan fingerprint density at radius 1 is 1.42 bits per heavy atom. The fourth-order valence-corrected chi connectivity index (χ4v) is 3.10. The molecule has 2 aliphatic rings. The standard InChI is InChI=1S/C18H35N5O2.HI/c1-7-14(2)21(6)9-8-19-16-20-12-15-13-22(10-11-23(15)16)17(24)25-18(3,4)5;/h14-15H,7-13H2,1-6H3,(H,19,20);1H. The maximum atomic E-state index is 12.2. The second-order valence-corrected chi connectivity index (χ2v) is 8.10. The van der Waals surface area contributed by atoms with E-state index < -0.39 is 5.60 Å². The number of piperazine rings is 1. The summed E-state index contributed by atoms with van der Waals surface area (Å²) in [6, 6.07) is 0.855. The van der Waals surface area contributed by atoms with Crippen LogP contribution >= 0.6 is 24.0 Å². The normalized spacial score (nSPS) is 21.0. The number of rotatable bonds is 5. The summed E-state index contributed by atoms with van der Waals surface area (Å²) in [7, 11) is 2.16. The van der Waals surface area contributed by atoms with Gasteiger partial charge in [0.2, 0.25) is 0 Å². The molecule has 2 unspecified atom stereocenters. The van der Waals surface area contributed by atoms with E-state index in [0.29, 0.717) is 19.1 Å². The Balaban J connectivity index is 0.00000338. The Kier molecular flexibility index (Phi) is 8.92. The highest BCUT2D eigenvalue weighted by molar-refractivity contribution is 14.0. The average molecular weight is 481 g/mol. The number of nitrogens with zero attached hydrogens (tertiary/aromatic N) is 4. The molecule has 1 saturated heterocycles. The molecule has 0 aromatic heterocycles. The third-order valence-corrected chi connectivity index (χ3v) is 4.95. The maximum Gasteiger partial charge on any atom is 0.410 e. The van der Waals surface area contributed by atoms with E-state index in [1.165, 1.54) is 0 Å². The van der Waals surface area contributed by atoms with Gasteiger partial charge < -0.3 is 24.8 Å². The van der Waals surface area contributed by atoms with Crippen LogP contribution in [0, 0.1) is 0 Å². The molecule has 8 heteroatoms. The number of fused-ring (bicyclic) bond motifs is 1. The van der Waals surface area contributed by atoms with Gasteiger partial charge >= 0.3 is 6.09 Å². The molecule has 7 nitrogen and oxygen atoms in total. The van der Waals surface area contributed by atoms with Gasteiger partial charge in [0.25, 0.3) is 0 Å². The molecule has 2 rings (SSSR count). The monoisotopic (exact) mass is 481 g/mol. The summed E-state index contributed by atoms with van der Waals surface area (Å²) in [4.78, 5) is 23.4. The minimum Gasteiger partial charge on any atom is -0.444 e. The van der Waals surface area contributed by atoms with Crippen molar-refractivity contribution in [1.29, 1.82) is 0 Å². The van der Waals surface area contributed by atoms with E-state index in [0.717, 1.165) is 38.6 Å². The van der Waals surface area contributed by atoms with Crippen LogP contribution in [0.3, 0.4) is 0 Å². The van der Waals surface area contributed by atoms with Crippen molar-refractivity contribution >= 4 is 36.0 Å². The number of likely N-dealkylation sites (N-methyl/N-ethyl adjacent to an activating group) is 1. The molecule has 2 aliphatic heterocycles. The lowest BCUT2D eigenvalue weighted by atomic mass is 10.2. The van der Waals surface area contributed by atoms with Gasteiger partial charge in [-0.25, -0.2) is 4.79 Å². The molecule has 0 aliphatic carbocycles. The van der Waals surface area contributed by atoms with Crippen LogP contribution < -0.4 is 5.32 Å². The van der Waals surface area contributed by atoms with Gasteiger partial charge in [-0.2, -0.15) is 0 Å². The van der Waals surface area contributed by atoms with E-state index in [1.807, 2.05) is 25.7 Å². The number of carbonyl (C=O) groups excluding carboxylic acids is 1. The molecule has 2 atom stereocenters. The van der Waals surface area contributed by atoms with Gasteiger partial charge in [0.15, 0.2) is 5.96 Å². The van der Waals surface area contributed by atoms with E-state index in [1.54, 1.807) is 0 Å². The Bertz CT molecular complexity index is 494. The van der Waals surface area contributed by atoms with Gasteiger partial charge in [-0.05, 0) is 41.2 Å². The first-order valence-corrected chi connectivity index (χ1v) is 9.44. The Hall–Kier alpha value is -0.770. The number of aliphatic imine (C=N–C) groups is 1. The van der Waals surface area contributed by atoms with Gasteiger partial charge in [0.05, 0.1) is 12.6 Å². The predicted molar refractivity (Wildman–Crippen MR) is 116 cm³/mol. The number of carbonyl (C=O) groups is 1. The number of guanidine groups is 1. The molecule has 0 aromatic rings. The van der Waals surface area contributed by atoms with Gasteiger partial charge in [-0.15, -0.1) is 24.0 Å². The van der Waals surface area contributed by atoms with Crippen LogP contribution in [0.5, 0.6) is 0 Å². The molecular weight excluding hydrogens is 445 g/mol. The Labute approximate surface area is 175 Å². The van der Waals surface area contributed by atoms with Gasteiger partial charge in [-0.1, -0.05) is 6.92 Å². The highest BCUT2D eigenvalue weighted by Crippen LogP contribution is 2.18. The van der Waals surface area contributed by atoms with Crippen molar-refractivity contribution in [3.8, 4) is 0 Å². The largest absolute Gasteiger partial charge is 0.444 e. The zero-order chi connectivity index (χ0) is 18.6. The first-order valence-electron chi connectivity index (χ1n) is 9.44. The third kappa shape index (κ3) is 6.44. The maximum absolute atomic E-state index is 12.2. The summed E-state index contributed by atoms with van der Waals surface area (Å²) in [6.45, 7) is 14.9. The second-order valence-electron chi connectivity index (χ2n) is 8.10. The molecule has 0 radical (unpaired) electrons. The molecule has 0 bridgehead atoms.